The molecule has 1 N–H and O–H groups in total. The second-order valence-electron chi connectivity index (χ2n) is 6.39. The molecule has 1 fully saturated rings. The minimum atomic E-state index is 0.400. The van der Waals surface area contributed by atoms with Crippen LogP contribution in [-0.4, -0.2) is 29.8 Å². The van der Waals surface area contributed by atoms with Crippen LogP contribution in [-0.2, 0) is 6.54 Å². The zero-order chi connectivity index (χ0) is 13.9. The summed E-state index contributed by atoms with van der Waals surface area (Å²) in [4.78, 5) is 2.21. The van der Waals surface area contributed by atoms with Gasteiger partial charge in [0.05, 0.1) is 6.54 Å². The highest BCUT2D eigenvalue weighted by molar-refractivity contribution is 5.24. The molecule has 0 radical (unpaired) electrons. The van der Waals surface area contributed by atoms with Crippen LogP contribution in [0.4, 0.5) is 6.01 Å². The molecule has 0 aliphatic carbocycles. The van der Waals surface area contributed by atoms with Crippen molar-refractivity contribution in [3.05, 3.63) is 5.89 Å². The fourth-order valence-electron chi connectivity index (χ4n) is 2.61. The van der Waals surface area contributed by atoms with Crippen molar-refractivity contribution in [1.29, 1.82) is 0 Å². The Bertz CT molecular complexity index is 388. The van der Waals surface area contributed by atoms with E-state index in [0.29, 0.717) is 23.9 Å². The molecule has 1 aromatic heterocycles. The van der Waals surface area contributed by atoms with E-state index in [1.54, 1.807) is 0 Å². The SMILES string of the molecule is CCNCc1nnc(N2CCC(C(C)(C)C)CC2)o1. The maximum absolute atomic E-state index is 5.69. The Hall–Kier alpha value is -1.10. The van der Waals surface area contributed by atoms with E-state index in [9.17, 15) is 0 Å². The zero-order valence-corrected chi connectivity index (χ0v) is 12.6. The normalized spacial score (nSPS) is 18.0. The molecule has 0 atom stereocenters. The number of piperidine rings is 1. The molecule has 1 aliphatic heterocycles. The topological polar surface area (TPSA) is 54.2 Å². The summed E-state index contributed by atoms with van der Waals surface area (Å²) >= 11 is 0. The van der Waals surface area contributed by atoms with Crippen molar-refractivity contribution in [2.75, 3.05) is 24.5 Å². The fourth-order valence-corrected chi connectivity index (χ4v) is 2.61. The number of aromatic nitrogens is 2. The lowest BCUT2D eigenvalue weighted by Gasteiger charge is -2.38. The maximum Gasteiger partial charge on any atom is 0.318 e. The summed E-state index contributed by atoms with van der Waals surface area (Å²) in [6.45, 7) is 12.7. The highest BCUT2D eigenvalue weighted by Gasteiger charge is 2.30. The van der Waals surface area contributed by atoms with Crippen LogP contribution in [0.15, 0.2) is 4.42 Å². The predicted molar refractivity (Wildman–Crippen MR) is 76.1 cm³/mol. The van der Waals surface area contributed by atoms with E-state index < -0.39 is 0 Å². The van der Waals surface area contributed by atoms with Crippen molar-refractivity contribution in [3.63, 3.8) is 0 Å². The van der Waals surface area contributed by atoms with Crippen LogP contribution in [0.25, 0.3) is 0 Å². The Morgan fingerprint density at radius 3 is 2.53 bits per heavy atom. The number of hydrogen-bond donors (Lipinski definition) is 1. The first-order valence-corrected chi connectivity index (χ1v) is 7.28. The van der Waals surface area contributed by atoms with Crippen molar-refractivity contribution in [2.45, 2.75) is 47.1 Å². The molecular weight excluding hydrogens is 240 g/mol. The highest BCUT2D eigenvalue weighted by atomic mass is 16.4. The number of nitrogens with one attached hydrogen (secondary N) is 1. The molecule has 0 bridgehead atoms. The summed E-state index contributed by atoms with van der Waals surface area (Å²) in [5.74, 6) is 1.46. The Morgan fingerprint density at radius 1 is 1.26 bits per heavy atom. The molecule has 1 aliphatic rings. The first-order chi connectivity index (χ1) is 9.00. The van der Waals surface area contributed by atoms with Crippen molar-refractivity contribution < 1.29 is 4.42 Å². The van der Waals surface area contributed by atoms with Gasteiger partial charge in [-0.2, -0.15) is 0 Å². The molecule has 108 valence electrons. The van der Waals surface area contributed by atoms with Crippen molar-refractivity contribution in [1.82, 2.24) is 15.5 Å². The quantitative estimate of drug-likeness (QED) is 0.907. The van der Waals surface area contributed by atoms with Gasteiger partial charge < -0.3 is 14.6 Å². The number of anilines is 1. The van der Waals surface area contributed by atoms with Gasteiger partial charge in [0.25, 0.3) is 0 Å². The summed E-state index contributed by atoms with van der Waals surface area (Å²) in [6, 6.07) is 0.681. The smallest absolute Gasteiger partial charge is 0.318 e. The van der Waals surface area contributed by atoms with E-state index in [-0.39, 0.29) is 0 Å². The van der Waals surface area contributed by atoms with Gasteiger partial charge in [-0.1, -0.05) is 32.8 Å². The van der Waals surface area contributed by atoms with Gasteiger partial charge in [-0.25, -0.2) is 0 Å². The van der Waals surface area contributed by atoms with E-state index >= 15 is 0 Å². The third kappa shape index (κ3) is 3.69. The molecule has 1 saturated heterocycles. The second kappa shape index (κ2) is 5.90. The van der Waals surface area contributed by atoms with Gasteiger partial charge in [-0.3, -0.25) is 0 Å². The van der Waals surface area contributed by atoms with Gasteiger partial charge in [-0.15, -0.1) is 5.10 Å². The van der Waals surface area contributed by atoms with E-state index in [0.717, 1.165) is 25.6 Å². The van der Waals surface area contributed by atoms with Gasteiger partial charge >= 0.3 is 6.01 Å². The molecule has 19 heavy (non-hydrogen) atoms. The number of nitrogens with zero attached hydrogens (tertiary/aromatic N) is 3. The van der Waals surface area contributed by atoms with Gasteiger partial charge in [0.1, 0.15) is 0 Å². The van der Waals surface area contributed by atoms with Gasteiger partial charge in [0.2, 0.25) is 5.89 Å². The summed E-state index contributed by atoms with van der Waals surface area (Å²) in [6.07, 6.45) is 2.41. The average molecular weight is 266 g/mol. The molecule has 2 heterocycles. The van der Waals surface area contributed by atoms with Crippen molar-refractivity contribution in [2.24, 2.45) is 11.3 Å². The summed E-state index contributed by atoms with van der Waals surface area (Å²) in [5, 5.41) is 11.4. The van der Waals surface area contributed by atoms with Crippen LogP contribution in [0.3, 0.4) is 0 Å². The van der Waals surface area contributed by atoms with Gasteiger partial charge in [-0.05, 0) is 30.7 Å². The Labute approximate surface area is 115 Å². The van der Waals surface area contributed by atoms with Gasteiger partial charge in [0.15, 0.2) is 0 Å². The Kier molecular flexibility index (Phi) is 4.45. The first-order valence-electron chi connectivity index (χ1n) is 7.28. The molecule has 5 heteroatoms. The largest absolute Gasteiger partial charge is 0.407 e. The predicted octanol–water partition coefficient (Wildman–Crippen LogP) is 2.44. The van der Waals surface area contributed by atoms with Crippen molar-refractivity contribution >= 4 is 6.01 Å². The number of rotatable bonds is 4. The summed E-state index contributed by atoms with van der Waals surface area (Å²) < 4.78 is 5.69. The molecule has 0 aromatic carbocycles. The lowest BCUT2D eigenvalue weighted by atomic mass is 9.75. The Balaban J connectivity index is 1.89. The van der Waals surface area contributed by atoms with Crippen LogP contribution in [0.2, 0.25) is 0 Å². The van der Waals surface area contributed by atoms with Crippen LogP contribution in [0.1, 0.15) is 46.4 Å². The number of hydrogen-bond acceptors (Lipinski definition) is 5. The zero-order valence-electron chi connectivity index (χ0n) is 12.6. The van der Waals surface area contributed by atoms with E-state index in [2.05, 4.69) is 48.1 Å². The highest BCUT2D eigenvalue weighted by Crippen LogP contribution is 2.35. The van der Waals surface area contributed by atoms with E-state index in [4.69, 9.17) is 4.42 Å². The fraction of sp³-hybridized carbons (Fsp3) is 0.857. The first kappa shape index (κ1) is 14.3. The van der Waals surface area contributed by atoms with Crippen LogP contribution in [0.5, 0.6) is 0 Å². The Morgan fingerprint density at radius 2 is 1.95 bits per heavy atom. The molecule has 1 aromatic rings. The monoisotopic (exact) mass is 266 g/mol. The third-order valence-electron chi connectivity index (χ3n) is 3.97. The third-order valence-corrected chi connectivity index (χ3v) is 3.97. The molecule has 0 saturated carbocycles. The van der Waals surface area contributed by atoms with Gasteiger partial charge in [0, 0.05) is 13.1 Å². The van der Waals surface area contributed by atoms with E-state index in [1.165, 1.54) is 12.8 Å². The van der Waals surface area contributed by atoms with Crippen molar-refractivity contribution in [3.8, 4) is 0 Å². The van der Waals surface area contributed by atoms with E-state index in [1.807, 2.05) is 0 Å². The standard InChI is InChI=1S/C14H26N4O/c1-5-15-10-12-16-17-13(19-12)18-8-6-11(7-9-18)14(2,3)4/h11,15H,5-10H2,1-4H3. The minimum Gasteiger partial charge on any atom is -0.407 e. The lowest BCUT2D eigenvalue weighted by Crippen LogP contribution is -2.38. The lowest BCUT2D eigenvalue weighted by molar-refractivity contribution is 0.196. The maximum atomic E-state index is 5.69. The average Bonchev–Trinajstić information content (AvgIpc) is 2.84. The molecule has 0 spiro atoms. The summed E-state index contributed by atoms with van der Waals surface area (Å²) in [5.41, 5.74) is 0.400. The van der Waals surface area contributed by atoms with Crippen LogP contribution >= 0.6 is 0 Å². The molecular formula is C14H26N4O. The summed E-state index contributed by atoms with van der Waals surface area (Å²) in [7, 11) is 0. The minimum absolute atomic E-state index is 0.400. The van der Waals surface area contributed by atoms with Crippen LogP contribution in [0, 0.1) is 11.3 Å². The molecule has 5 nitrogen and oxygen atoms in total. The molecule has 0 amide bonds. The second-order valence-corrected chi connectivity index (χ2v) is 6.39. The van der Waals surface area contributed by atoms with Crippen LogP contribution < -0.4 is 10.2 Å². The molecule has 0 unspecified atom stereocenters. The molecule has 2 rings (SSSR count).